The largest absolute Gasteiger partial charge is 0.347 e. The summed E-state index contributed by atoms with van der Waals surface area (Å²) in [6.07, 6.45) is 8.99. The van der Waals surface area contributed by atoms with E-state index in [1.54, 1.807) is 0 Å². The zero-order chi connectivity index (χ0) is 9.38. The van der Waals surface area contributed by atoms with Crippen molar-refractivity contribution in [2.24, 2.45) is 0 Å². The maximum Gasteiger partial charge on any atom is 0.0516 e. The minimum Gasteiger partial charge on any atom is -0.347 e. The molecule has 1 aromatic heterocycles. The van der Waals surface area contributed by atoms with E-state index >= 15 is 0 Å². The maximum atomic E-state index is 2.37. The van der Waals surface area contributed by atoms with Gasteiger partial charge in [-0.15, -0.1) is 0 Å². The zero-order valence-electron chi connectivity index (χ0n) is 8.11. The fourth-order valence-electron chi connectivity index (χ4n) is 2.23. The van der Waals surface area contributed by atoms with Crippen molar-refractivity contribution in [2.45, 2.75) is 19.4 Å². The van der Waals surface area contributed by atoms with Gasteiger partial charge in [0.05, 0.1) is 5.52 Å². The molecule has 1 aliphatic heterocycles. The summed E-state index contributed by atoms with van der Waals surface area (Å²) < 4.78 is 2.37. The van der Waals surface area contributed by atoms with Crippen molar-refractivity contribution in [2.75, 3.05) is 0 Å². The normalized spacial score (nSPS) is 15.4. The van der Waals surface area contributed by atoms with E-state index in [0.29, 0.717) is 0 Å². The second-order valence-corrected chi connectivity index (χ2v) is 3.83. The minimum absolute atomic E-state index is 1.07. The third kappa shape index (κ3) is 1.09. The summed E-state index contributed by atoms with van der Waals surface area (Å²) in [5.74, 6) is 0. The van der Waals surface area contributed by atoms with Crippen molar-refractivity contribution in [3.05, 3.63) is 48.2 Å². The van der Waals surface area contributed by atoms with Crippen LogP contribution in [0.1, 0.15) is 12.0 Å². The summed E-state index contributed by atoms with van der Waals surface area (Å²) >= 11 is 0. The molecule has 1 aliphatic rings. The third-order valence-electron chi connectivity index (χ3n) is 2.91. The van der Waals surface area contributed by atoms with Crippen LogP contribution < -0.4 is 0 Å². The molecule has 1 heteroatoms. The van der Waals surface area contributed by atoms with Crippen molar-refractivity contribution < 1.29 is 0 Å². The number of para-hydroxylation sites is 1. The molecule has 0 radical (unpaired) electrons. The summed E-state index contributed by atoms with van der Waals surface area (Å²) in [5, 5.41) is 1.37. The first kappa shape index (κ1) is 7.86. The molecule has 0 N–H and O–H groups in total. The Balaban J connectivity index is 2.33. The Kier molecular flexibility index (Phi) is 1.69. The van der Waals surface area contributed by atoms with Crippen LogP contribution in [0.5, 0.6) is 0 Å². The molecule has 0 aliphatic carbocycles. The van der Waals surface area contributed by atoms with Gasteiger partial charge in [0.25, 0.3) is 0 Å². The number of aryl methyl sites for hydroxylation is 1. The fraction of sp³-hybridized carbons (Fsp3) is 0.231. The van der Waals surface area contributed by atoms with E-state index < -0.39 is 0 Å². The summed E-state index contributed by atoms with van der Waals surface area (Å²) in [6, 6.07) is 8.79. The highest BCUT2D eigenvalue weighted by Crippen LogP contribution is 2.22. The highest BCUT2D eigenvalue weighted by atomic mass is 14.9. The molecule has 0 spiro atoms. The molecule has 0 bridgehead atoms. The van der Waals surface area contributed by atoms with Crippen LogP contribution in [0.15, 0.2) is 42.6 Å². The van der Waals surface area contributed by atoms with Crippen molar-refractivity contribution in [1.82, 2.24) is 4.57 Å². The van der Waals surface area contributed by atoms with Crippen molar-refractivity contribution in [3.63, 3.8) is 0 Å². The smallest absolute Gasteiger partial charge is 0.0516 e. The summed E-state index contributed by atoms with van der Waals surface area (Å²) in [6.45, 7) is 1.11. The number of rotatable bonds is 0. The van der Waals surface area contributed by atoms with Gasteiger partial charge in [0.1, 0.15) is 0 Å². The van der Waals surface area contributed by atoms with Crippen LogP contribution in [0.4, 0.5) is 0 Å². The van der Waals surface area contributed by atoms with E-state index in [2.05, 4.69) is 47.2 Å². The standard InChI is InChI=1S/C13H13N/c1-2-5-11-6-4-7-12-8-10-14(9-3-1)13(11)12/h1-2,4,6-8,10H,3,5,9H2. The highest BCUT2D eigenvalue weighted by Gasteiger charge is 2.06. The van der Waals surface area contributed by atoms with Gasteiger partial charge in [-0.2, -0.15) is 0 Å². The predicted molar refractivity (Wildman–Crippen MR) is 59.4 cm³/mol. The Morgan fingerprint density at radius 1 is 1.07 bits per heavy atom. The number of hydrogen-bond acceptors (Lipinski definition) is 0. The molecule has 1 aromatic carbocycles. The van der Waals surface area contributed by atoms with E-state index in [0.717, 1.165) is 19.4 Å². The van der Waals surface area contributed by atoms with Gasteiger partial charge in [0, 0.05) is 12.7 Å². The van der Waals surface area contributed by atoms with Crippen LogP contribution in [0.3, 0.4) is 0 Å². The van der Waals surface area contributed by atoms with Crippen molar-refractivity contribution in [3.8, 4) is 0 Å². The molecule has 0 amide bonds. The van der Waals surface area contributed by atoms with Crippen LogP contribution >= 0.6 is 0 Å². The quantitative estimate of drug-likeness (QED) is 0.553. The monoisotopic (exact) mass is 183 g/mol. The van der Waals surface area contributed by atoms with Gasteiger partial charge in [0.2, 0.25) is 0 Å². The number of aromatic nitrogens is 1. The fourth-order valence-corrected chi connectivity index (χ4v) is 2.23. The number of nitrogens with zero attached hydrogens (tertiary/aromatic N) is 1. The molecular formula is C13H13N. The van der Waals surface area contributed by atoms with E-state index in [4.69, 9.17) is 0 Å². The van der Waals surface area contributed by atoms with Crippen LogP contribution in [0.2, 0.25) is 0 Å². The average molecular weight is 183 g/mol. The van der Waals surface area contributed by atoms with Crippen LogP contribution in [0, 0.1) is 0 Å². The zero-order valence-corrected chi connectivity index (χ0v) is 8.11. The number of benzene rings is 1. The van der Waals surface area contributed by atoms with Gasteiger partial charge in [-0.1, -0.05) is 30.4 Å². The van der Waals surface area contributed by atoms with Gasteiger partial charge >= 0.3 is 0 Å². The van der Waals surface area contributed by atoms with E-state index in [1.807, 2.05) is 0 Å². The van der Waals surface area contributed by atoms with E-state index in [1.165, 1.54) is 16.5 Å². The van der Waals surface area contributed by atoms with Gasteiger partial charge in [0.15, 0.2) is 0 Å². The van der Waals surface area contributed by atoms with Crippen LogP contribution in [-0.2, 0) is 13.0 Å². The molecular weight excluding hydrogens is 170 g/mol. The Bertz CT molecular complexity index is 491. The summed E-state index contributed by atoms with van der Waals surface area (Å²) in [4.78, 5) is 0. The van der Waals surface area contributed by atoms with E-state index in [-0.39, 0.29) is 0 Å². The summed E-state index contributed by atoms with van der Waals surface area (Å²) in [5.41, 5.74) is 2.88. The molecule has 3 rings (SSSR count). The second kappa shape index (κ2) is 3.02. The molecule has 1 nitrogen and oxygen atoms in total. The Morgan fingerprint density at radius 3 is 3.07 bits per heavy atom. The lowest BCUT2D eigenvalue weighted by atomic mass is 10.1. The highest BCUT2D eigenvalue weighted by molar-refractivity contribution is 5.83. The van der Waals surface area contributed by atoms with Gasteiger partial charge in [-0.05, 0) is 29.9 Å². The van der Waals surface area contributed by atoms with Crippen molar-refractivity contribution in [1.29, 1.82) is 0 Å². The molecule has 0 fully saturated rings. The molecule has 0 unspecified atom stereocenters. The lowest BCUT2D eigenvalue weighted by Crippen LogP contribution is -1.99. The molecule has 0 saturated carbocycles. The van der Waals surface area contributed by atoms with Crippen LogP contribution in [0.25, 0.3) is 10.9 Å². The Morgan fingerprint density at radius 2 is 2.07 bits per heavy atom. The molecule has 0 atom stereocenters. The lowest BCUT2D eigenvalue weighted by molar-refractivity contribution is 0.730. The third-order valence-corrected chi connectivity index (χ3v) is 2.91. The SMILES string of the molecule is C1=CCc2cccc3ccn(c23)CC1. The first-order valence-corrected chi connectivity index (χ1v) is 5.17. The molecule has 2 heterocycles. The number of hydrogen-bond donors (Lipinski definition) is 0. The van der Waals surface area contributed by atoms with Crippen LogP contribution in [-0.4, -0.2) is 4.57 Å². The lowest BCUT2D eigenvalue weighted by Gasteiger charge is -2.10. The Hall–Kier alpha value is -1.50. The first-order chi connectivity index (χ1) is 6.95. The molecule has 14 heavy (non-hydrogen) atoms. The number of allylic oxidation sites excluding steroid dienone is 2. The van der Waals surface area contributed by atoms with Crippen molar-refractivity contribution >= 4 is 10.9 Å². The van der Waals surface area contributed by atoms with E-state index in [9.17, 15) is 0 Å². The molecule has 70 valence electrons. The minimum atomic E-state index is 1.07. The van der Waals surface area contributed by atoms with Gasteiger partial charge < -0.3 is 4.57 Å². The van der Waals surface area contributed by atoms with Gasteiger partial charge in [-0.25, -0.2) is 0 Å². The average Bonchev–Trinajstić information content (AvgIpc) is 2.57. The molecule has 2 aromatic rings. The first-order valence-electron chi connectivity index (χ1n) is 5.17. The Labute approximate surface area is 83.7 Å². The molecule has 0 saturated heterocycles. The second-order valence-electron chi connectivity index (χ2n) is 3.83. The topological polar surface area (TPSA) is 4.93 Å². The maximum absolute atomic E-state index is 2.37. The summed E-state index contributed by atoms with van der Waals surface area (Å²) in [7, 11) is 0. The predicted octanol–water partition coefficient (Wildman–Crippen LogP) is 3.14. The van der Waals surface area contributed by atoms with Gasteiger partial charge in [-0.3, -0.25) is 0 Å².